The minimum absolute atomic E-state index is 0.0847. The lowest BCUT2D eigenvalue weighted by molar-refractivity contribution is -0.138. The van der Waals surface area contributed by atoms with Crippen molar-refractivity contribution >= 4 is 5.97 Å². The molecule has 1 aromatic rings. The van der Waals surface area contributed by atoms with Crippen LogP contribution in [0.3, 0.4) is 0 Å². The summed E-state index contributed by atoms with van der Waals surface area (Å²) in [5.41, 5.74) is 1.25. The summed E-state index contributed by atoms with van der Waals surface area (Å²) in [5, 5.41) is 8.65. The lowest BCUT2D eigenvalue weighted by Crippen LogP contribution is -2.32. The molecule has 4 heteroatoms. The molecule has 1 unspecified atom stereocenters. The van der Waals surface area contributed by atoms with Gasteiger partial charge in [-0.05, 0) is 32.0 Å². The predicted molar refractivity (Wildman–Crippen MR) is 58.8 cm³/mol. The van der Waals surface area contributed by atoms with Gasteiger partial charge in [-0.2, -0.15) is 0 Å². The molecule has 0 aliphatic rings. The topological polar surface area (TPSA) is 56.3 Å². The largest absolute Gasteiger partial charge is 0.481 e. The fraction of sp³-hybridized carbons (Fsp3) is 0.545. The number of H-pyrrole nitrogens is 1. The monoisotopic (exact) mass is 210 g/mol. The van der Waals surface area contributed by atoms with Crippen LogP contribution in [0, 0.1) is 0 Å². The third-order valence-electron chi connectivity index (χ3n) is 2.64. The number of aromatic amines is 1. The number of nitrogens with zero attached hydrogens (tertiary/aromatic N) is 1. The summed E-state index contributed by atoms with van der Waals surface area (Å²) >= 11 is 0. The third-order valence-corrected chi connectivity index (χ3v) is 2.64. The molecule has 1 atom stereocenters. The minimum atomic E-state index is -0.740. The number of likely N-dealkylation sites (N-methyl/N-ethyl adjacent to an activating group) is 1. The van der Waals surface area contributed by atoms with Gasteiger partial charge in [-0.25, -0.2) is 0 Å². The Kier molecular flexibility index (Phi) is 4.37. The van der Waals surface area contributed by atoms with Crippen LogP contribution in [0.25, 0.3) is 0 Å². The van der Waals surface area contributed by atoms with E-state index in [0.29, 0.717) is 0 Å². The summed E-state index contributed by atoms with van der Waals surface area (Å²) < 4.78 is 0. The van der Waals surface area contributed by atoms with Crippen molar-refractivity contribution < 1.29 is 9.90 Å². The molecule has 2 N–H and O–H groups in total. The van der Waals surface area contributed by atoms with Gasteiger partial charge in [0.15, 0.2) is 0 Å². The smallest absolute Gasteiger partial charge is 0.304 e. The van der Waals surface area contributed by atoms with Crippen molar-refractivity contribution in [1.29, 1.82) is 0 Å². The van der Waals surface area contributed by atoms with Crippen LogP contribution in [0.5, 0.6) is 0 Å². The number of hydrogen-bond acceptors (Lipinski definition) is 2. The number of carboxylic acid groups (broad SMARTS) is 1. The molecule has 1 rings (SSSR count). The van der Waals surface area contributed by atoms with Crippen LogP contribution in [0.1, 0.15) is 18.9 Å². The Labute approximate surface area is 89.9 Å². The Morgan fingerprint density at radius 3 is 2.93 bits per heavy atom. The number of hydrogen-bond donors (Lipinski definition) is 2. The molecule has 84 valence electrons. The summed E-state index contributed by atoms with van der Waals surface area (Å²) in [6.07, 6.45) is 5.01. The lowest BCUT2D eigenvalue weighted by atomic mass is 10.2. The Morgan fingerprint density at radius 1 is 1.67 bits per heavy atom. The van der Waals surface area contributed by atoms with E-state index in [2.05, 4.69) is 9.88 Å². The second kappa shape index (κ2) is 5.56. The standard InChI is InChI=1S/C11H18N2O2/c1-9(7-11(14)15)13(2)6-4-10-3-5-12-8-10/h3,5,8-9,12H,4,6-7H2,1-2H3,(H,14,15). The molecule has 4 nitrogen and oxygen atoms in total. The first-order valence-corrected chi connectivity index (χ1v) is 5.13. The molecule has 0 fully saturated rings. The molecule has 0 bridgehead atoms. The first kappa shape index (κ1) is 11.8. The summed E-state index contributed by atoms with van der Waals surface area (Å²) in [6, 6.07) is 2.12. The fourth-order valence-corrected chi connectivity index (χ4v) is 1.45. The van der Waals surface area contributed by atoms with E-state index in [1.165, 1.54) is 5.56 Å². The van der Waals surface area contributed by atoms with Crippen molar-refractivity contribution in [2.75, 3.05) is 13.6 Å². The number of rotatable bonds is 6. The first-order valence-electron chi connectivity index (χ1n) is 5.13. The van der Waals surface area contributed by atoms with Gasteiger partial charge in [-0.3, -0.25) is 4.79 Å². The summed E-state index contributed by atoms with van der Waals surface area (Å²) in [6.45, 7) is 2.82. The average molecular weight is 210 g/mol. The van der Waals surface area contributed by atoms with Gasteiger partial charge in [0.25, 0.3) is 0 Å². The molecular weight excluding hydrogens is 192 g/mol. The van der Waals surface area contributed by atoms with Crippen LogP contribution in [-0.4, -0.2) is 40.6 Å². The van der Waals surface area contributed by atoms with E-state index >= 15 is 0 Å². The van der Waals surface area contributed by atoms with Crippen LogP contribution in [0.4, 0.5) is 0 Å². The van der Waals surface area contributed by atoms with Crippen molar-refractivity contribution in [2.45, 2.75) is 25.8 Å². The van der Waals surface area contributed by atoms with Gasteiger partial charge in [0, 0.05) is 25.0 Å². The van der Waals surface area contributed by atoms with Crippen molar-refractivity contribution in [3.05, 3.63) is 24.0 Å². The summed E-state index contributed by atoms with van der Waals surface area (Å²) in [7, 11) is 1.96. The maximum atomic E-state index is 10.5. The summed E-state index contributed by atoms with van der Waals surface area (Å²) in [4.78, 5) is 15.6. The van der Waals surface area contributed by atoms with Crippen LogP contribution in [-0.2, 0) is 11.2 Å². The van der Waals surface area contributed by atoms with Crippen molar-refractivity contribution in [3.63, 3.8) is 0 Å². The molecule has 0 radical (unpaired) electrons. The maximum Gasteiger partial charge on any atom is 0.304 e. The zero-order valence-electron chi connectivity index (χ0n) is 9.23. The van der Waals surface area contributed by atoms with Crippen molar-refractivity contribution in [2.24, 2.45) is 0 Å². The van der Waals surface area contributed by atoms with E-state index in [0.717, 1.165) is 13.0 Å². The number of carboxylic acids is 1. The fourth-order valence-electron chi connectivity index (χ4n) is 1.45. The number of aromatic nitrogens is 1. The molecule has 1 heterocycles. The van der Waals surface area contributed by atoms with E-state index in [9.17, 15) is 4.79 Å². The van der Waals surface area contributed by atoms with Gasteiger partial charge in [0.1, 0.15) is 0 Å². The van der Waals surface area contributed by atoms with E-state index in [1.807, 2.05) is 32.4 Å². The highest BCUT2D eigenvalue weighted by Gasteiger charge is 2.12. The normalized spacial score (nSPS) is 13.0. The van der Waals surface area contributed by atoms with Gasteiger partial charge >= 0.3 is 5.97 Å². The molecule has 0 saturated heterocycles. The Balaban J connectivity index is 2.29. The first-order chi connectivity index (χ1) is 7.09. The van der Waals surface area contributed by atoms with Gasteiger partial charge < -0.3 is 15.0 Å². The minimum Gasteiger partial charge on any atom is -0.481 e. The van der Waals surface area contributed by atoms with Gasteiger partial charge in [-0.1, -0.05) is 0 Å². The quantitative estimate of drug-likeness (QED) is 0.745. The zero-order valence-corrected chi connectivity index (χ0v) is 9.23. The highest BCUT2D eigenvalue weighted by atomic mass is 16.4. The second-order valence-corrected chi connectivity index (χ2v) is 3.90. The Morgan fingerprint density at radius 2 is 2.40 bits per heavy atom. The second-order valence-electron chi connectivity index (χ2n) is 3.90. The number of aliphatic carboxylic acids is 1. The molecule has 15 heavy (non-hydrogen) atoms. The Hall–Kier alpha value is -1.29. The molecule has 1 aromatic heterocycles. The molecule has 0 amide bonds. The SMILES string of the molecule is CC(CC(=O)O)N(C)CCc1cc[nH]c1. The van der Waals surface area contributed by atoms with Crippen molar-refractivity contribution in [3.8, 4) is 0 Å². The average Bonchev–Trinajstić information content (AvgIpc) is 2.65. The van der Waals surface area contributed by atoms with Crippen molar-refractivity contribution in [1.82, 2.24) is 9.88 Å². The summed E-state index contributed by atoms with van der Waals surface area (Å²) in [5.74, 6) is -0.740. The van der Waals surface area contributed by atoms with Crippen LogP contribution in [0.15, 0.2) is 18.5 Å². The Bertz CT molecular complexity index is 296. The highest BCUT2D eigenvalue weighted by molar-refractivity contribution is 5.67. The number of carbonyl (C=O) groups is 1. The number of nitrogens with one attached hydrogen (secondary N) is 1. The molecule has 0 aliphatic heterocycles. The molecule has 0 spiro atoms. The van der Waals surface area contributed by atoms with E-state index < -0.39 is 5.97 Å². The van der Waals surface area contributed by atoms with Crippen LogP contribution >= 0.6 is 0 Å². The lowest BCUT2D eigenvalue weighted by Gasteiger charge is -2.22. The van der Waals surface area contributed by atoms with E-state index in [-0.39, 0.29) is 12.5 Å². The van der Waals surface area contributed by atoms with E-state index in [4.69, 9.17) is 5.11 Å². The van der Waals surface area contributed by atoms with Crippen LogP contribution in [0.2, 0.25) is 0 Å². The van der Waals surface area contributed by atoms with Gasteiger partial charge in [-0.15, -0.1) is 0 Å². The van der Waals surface area contributed by atoms with Crippen LogP contribution < -0.4 is 0 Å². The molecule has 0 saturated carbocycles. The van der Waals surface area contributed by atoms with E-state index in [1.54, 1.807) is 0 Å². The molecular formula is C11H18N2O2. The zero-order chi connectivity index (χ0) is 11.3. The third kappa shape index (κ3) is 4.16. The van der Waals surface area contributed by atoms with Gasteiger partial charge in [0.2, 0.25) is 0 Å². The predicted octanol–water partition coefficient (Wildman–Crippen LogP) is 1.35. The molecule has 0 aromatic carbocycles. The molecule has 0 aliphatic carbocycles. The maximum absolute atomic E-state index is 10.5. The highest BCUT2D eigenvalue weighted by Crippen LogP contribution is 2.04. The van der Waals surface area contributed by atoms with Gasteiger partial charge in [0.05, 0.1) is 6.42 Å².